The number of carbonyl (C=O) groups is 4. The highest BCUT2D eigenvalue weighted by Gasteiger charge is 2.44. The molecular formula is C41H47ClN6O8S2. The minimum Gasteiger partial charge on any atom is -0.493 e. The molecule has 0 spiro atoms. The number of nitrogens with zero attached hydrogens (tertiary/aromatic N) is 5. The van der Waals surface area contributed by atoms with E-state index in [1.165, 1.54) is 14.2 Å². The van der Waals surface area contributed by atoms with Gasteiger partial charge in [0, 0.05) is 98.8 Å². The number of hydrogen-bond acceptors (Lipinski definition) is 11. The van der Waals surface area contributed by atoms with E-state index in [1.54, 1.807) is 56.7 Å². The maximum atomic E-state index is 14.5. The molecule has 4 amide bonds. The Morgan fingerprint density at radius 2 is 1.47 bits per heavy atom. The second kappa shape index (κ2) is 17.0. The van der Waals surface area contributed by atoms with E-state index >= 15 is 0 Å². The Kier molecular flexibility index (Phi) is 11.8. The van der Waals surface area contributed by atoms with Crippen molar-refractivity contribution in [2.75, 3.05) is 96.5 Å². The molecule has 0 radical (unpaired) electrons. The molecule has 0 aliphatic carbocycles. The first-order valence-corrected chi connectivity index (χ1v) is 22.4. The molecule has 58 heavy (non-hydrogen) atoms. The van der Waals surface area contributed by atoms with Gasteiger partial charge in [0.15, 0.2) is 11.5 Å². The van der Waals surface area contributed by atoms with Crippen molar-refractivity contribution in [3.63, 3.8) is 0 Å². The first-order chi connectivity index (χ1) is 28.1. The van der Waals surface area contributed by atoms with Crippen LogP contribution in [0, 0.1) is 0 Å². The lowest BCUT2D eigenvalue weighted by Gasteiger charge is -2.48. The van der Waals surface area contributed by atoms with Crippen LogP contribution in [0.4, 0.5) is 10.5 Å². The van der Waals surface area contributed by atoms with Crippen LogP contribution in [-0.4, -0.2) is 152 Å². The SMILES string of the molecule is COc1cc2cc(C(=O)N3C[C@@H](CCl)c4c3cc(OC(=O)N3CCN(C(=O)CCC(=O)N5CCN(C)CC5)[C@@H]5CSSC[C@@H]53)c3ccccc43)[nH]c2c(OC)c1OC. The van der Waals surface area contributed by atoms with E-state index in [0.29, 0.717) is 89.5 Å². The predicted octanol–water partition coefficient (Wildman–Crippen LogP) is 5.66. The zero-order chi connectivity index (χ0) is 40.7. The summed E-state index contributed by atoms with van der Waals surface area (Å²) in [4.78, 5) is 67.9. The Morgan fingerprint density at radius 3 is 2.16 bits per heavy atom. The molecule has 0 bridgehead atoms. The van der Waals surface area contributed by atoms with E-state index in [4.69, 9.17) is 30.5 Å². The number of amides is 4. The number of halogens is 1. The normalized spacial score (nSPS) is 20.9. The summed E-state index contributed by atoms with van der Waals surface area (Å²) in [5.41, 5.74) is 2.44. The number of methoxy groups -OCH3 is 3. The first-order valence-electron chi connectivity index (χ1n) is 19.4. The molecule has 4 aliphatic rings. The molecule has 3 fully saturated rings. The number of piperazine rings is 2. The smallest absolute Gasteiger partial charge is 0.415 e. The molecule has 4 aliphatic heterocycles. The zero-order valence-electron chi connectivity index (χ0n) is 33.0. The minimum atomic E-state index is -0.514. The predicted molar refractivity (Wildman–Crippen MR) is 227 cm³/mol. The van der Waals surface area contributed by atoms with E-state index in [1.807, 2.05) is 41.1 Å². The van der Waals surface area contributed by atoms with E-state index < -0.39 is 6.09 Å². The van der Waals surface area contributed by atoms with Crippen LogP contribution in [0.3, 0.4) is 0 Å². The topological polar surface area (TPSA) is 137 Å². The van der Waals surface area contributed by atoms with Crippen molar-refractivity contribution in [2.45, 2.75) is 30.8 Å². The summed E-state index contributed by atoms with van der Waals surface area (Å²) in [6.45, 7) is 3.98. The van der Waals surface area contributed by atoms with Gasteiger partial charge in [-0.15, -0.1) is 11.6 Å². The van der Waals surface area contributed by atoms with Crippen LogP contribution >= 0.6 is 33.2 Å². The van der Waals surface area contributed by atoms with Crippen molar-refractivity contribution in [3.8, 4) is 23.0 Å². The maximum Gasteiger partial charge on any atom is 0.415 e. The van der Waals surface area contributed by atoms with Crippen LogP contribution in [0.5, 0.6) is 23.0 Å². The molecule has 3 saturated heterocycles. The van der Waals surface area contributed by atoms with Gasteiger partial charge in [-0.2, -0.15) is 0 Å². The highest BCUT2D eigenvalue weighted by Crippen LogP contribution is 2.48. The summed E-state index contributed by atoms with van der Waals surface area (Å²) in [5.74, 6) is 2.67. The van der Waals surface area contributed by atoms with Crippen molar-refractivity contribution >= 4 is 84.4 Å². The molecular weight excluding hydrogens is 804 g/mol. The molecule has 17 heteroatoms. The quantitative estimate of drug-likeness (QED) is 0.165. The van der Waals surface area contributed by atoms with Crippen molar-refractivity contribution in [1.29, 1.82) is 0 Å². The van der Waals surface area contributed by atoms with Gasteiger partial charge >= 0.3 is 6.09 Å². The number of fused-ring (bicyclic) bond motifs is 5. The average molecular weight is 851 g/mol. The number of benzene rings is 3. The number of H-pyrrole nitrogens is 1. The van der Waals surface area contributed by atoms with Gasteiger partial charge in [0.2, 0.25) is 17.6 Å². The highest BCUT2D eigenvalue weighted by molar-refractivity contribution is 8.76. The molecule has 308 valence electrons. The molecule has 3 atom stereocenters. The molecule has 1 N–H and O–H groups in total. The summed E-state index contributed by atoms with van der Waals surface area (Å²) in [6.07, 6.45) is -0.192. The lowest BCUT2D eigenvalue weighted by atomic mass is 9.95. The molecule has 0 saturated carbocycles. The Balaban J connectivity index is 1.04. The van der Waals surface area contributed by atoms with E-state index in [2.05, 4.69) is 9.88 Å². The Bertz CT molecular complexity index is 2250. The number of hydrogen-bond donors (Lipinski definition) is 1. The summed E-state index contributed by atoms with van der Waals surface area (Å²) >= 11 is 6.59. The molecule has 14 nitrogen and oxygen atoms in total. The van der Waals surface area contributed by atoms with Crippen LogP contribution in [0.1, 0.15) is 34.8 Å². The zero-order valence-corrected chi connectivity index (χ0v) is 35.3. The van der Waals surface area contributed by atoms with E-state index in [9.17, 15) is 19.2 Å². The number of anilines is 1. The van der Waals surface area contributed by atoms with Crippen LogP contribution in [0.2, 0.25) is 0 Å². The summed E-state index contributed by atoms with van der Waals surface area (Å²) in [6, 6.07) is 12.5. The number of carbonyl (C=O) groups excluding carboxylic acids is 4. The fourth-order valence-corrected chi connectivity index (χ4v) is 11.6. The van der Waals surface area contributed by atoms with E-state index in [-0.39, 0.29) is 54.4 Å². The van der Waals surface area contributed by atoms with Gasteiger partial charge in [0.05, 0.1) is 44.6 Å². The molecule has 5 heterocycles. The number of nitrogens with one attached hydrogen (secondary N) is 1. The van der Waals surface area contributed by atoms with Gasteiger partial charge in [-0.3, -0.25) is 14.4 Å². The summed E-state index contributed by atoms with van der Waals surface area (Å²) in [7, 11) is 10.00. The number of likely N-dealkylation sites (N-methyl/N-ethyl adjacent to an activating group) is 1. The van der Waals surface area contributed by atoms with Crippen molar-refractivity contribution in [1.82, 2.24) is 24.6 Å². The van der Waals surface area contributed by atoms with Crippen LogP contribution in [0.15, 0.2) is 42.5 Å². The number of ether oxygens (including phenoxy) is 4. The average Bonchev–Trinajstić information content (AvgIpc) is 3.86. The fourth-order valence-electron chi connectivity index (χ4n) is 8.68. The molecule has 4 aromatic rings. The third-order valence-electron chi connectivity index (χ3n) is 11.8. The number of rotatable bonds is 9. The minimum absolute atomic E-state index is 0.0101. The first kappa shape index (κ1) is 40.3. The highest BCUT2D eigenvalue weighted by atomic mass is 35.5. The molecule has 3 aromatic carbocycles. The van der Waals surface area contributed by atoms with Gasteiger partial charge in [0.25, 0.3) is 5.91 Å². The summed E-state index contributed by atoms with van der Waals surface area (Å²) < 4.78 is 23.1. The Morgan fingerprint density at radius 1 is 0.793 bits per heavy atom. The fraction of sp³-hybridized carbons (Fsp3) is 0.463. The van der Waals surface area contributed by atoms with Crippen molar-refractivity contribution < 1.29 is 38.1 Å². The molecule has 1 aromatic heterocycles. The molecule has 0 unspecified atom stereocenters. The maximum absolute atomic E-state index is 14.5. The Labute approximate surface area is 349 Å². The summed E-state index contributed by atoms with van der Waals surface area (Å²) in [5, 5.41) is 2.29. The number of aromatic amines is 1. The van der Waals surface area contributed by atoms with Crippen LogP contribution in [0.25, 0.3) is 21.7 Å². The van der Waals surface area contributed by atoms with Gasteiger partial charge in [-0.05, 0) is 30.1 Å². The Hall–Kier alpha value is -4.51. The lowest BCUT2D eigenvalue weighted by Crippen LogP contribution is -2.65. The van der Waals surface area contributed by atoms with Gasteiger partial charge in [-0.25, -0.2) is 4.79 Å². The van der Waals surface area contributed by atoms with Crippen LogP contribution in [-0.2, 0) is 9.59 Å². The second-order valence-corrected chi connectivity index (χ2v) is 17.8. The number of alkyl halides is 1. The van der Waals surface area contributed by atoms with Crippen LogP contribution < -0.4 is 23.8 Å². The molecule has 8 rings (SSSR count). The van der Waals surface area contributed by atoms with Gasteiger partial charge in [-0.1, -0.05) is 45.9 Å². The van der Waals surface area contributed by atoms with Crippen molar-refractivity contribution in [2.24, 2.45) is 0 Å². The van der Waals surface area contributed by atoms with Gasteiger partial charge in [0.1, 0.15) is 11.4 Å². The van der Waals surface area contributed by atoms with E-state index in [0.717, 1.165) is 29.4 Å². The second-order valence-electron chi connectivity index (χ2n) is 14.9. The monoisotopic (exact) mass is 850 g/mol. The third-order valence-corrected chi connectivity index (χ3v) is 14.6. The van der Waals surface area contributed by atoms with Crippen molar-refractivity contribution in [3.05, 3.63) is 53.7 Å². The third kappa shape index (κ3) is 7.37. The standard InChI is InChI=1S/C41H47ClN6O8S2/c1-44-11-13-45(14-12-44)34(49)9-10-35(50)46-15-16-47(31-23-58-57-22-30(31)46)41(52)56-32-19-29-36(27-8-6-5-7-26(27)32)25(20-42)21-48(29)40(51)28-17-24-18-33(53-2)38(54-3)39(55-4)37(24)43-28/h5-8,17-19,25,30-31,43H,9-16,20-23H2,1-4H3/t25-,30-,31+/m1/s1. The van der Waals surface area contributed by atoms with Gasteiger partial charge < -0.3 is 48.4 Å². The lowest BCUT2D eigenvalue weighted by molar-refractivity contribution is -0.141. The largest absolute Gasteiger partial charge is 0.493 e. The number of aromatic nitrogens is 1.